The molecule has 0 aliphatic rings. The molecule has 7 nitrogen and oxygen atoms in total. The molecule has 2 N–H and O–H groups in total. The molecule has 1 aromatic heterocycles. The summed E-state index contributed by atoms with van der Waals surface area (Å²) in [6, 6.07) is 9.02. The molecule has 0 aliphatic carbocycles. The third-order valence-electron chi connectivity index (χ3n) is 2.59. The van der Waals surface area contributed by atoms with E-state index in [1.807, 2.05) is 18.2 Å². The summed E-state index contributed by atoms with van der Waals surface area (Å²) in [5.74, 6) is -0.461. The van der Waals surface area contributed by atoms with Crippen LogP contribution in [0.2, 0.25) is 0 Å². The third-order valence-corrected chi connectivity index (χ3v) is 2.59. The number of ketones is 1. The van der Waals surface area contributed by atoms with Crippen molar-refractivity contribution in [1.29, 1.82) is 0 Å². The zero-order valence-corrected chi connectivity index (χ0v) is 10.8. The maximum Gasteiger partial charge on any atom is 0.405 e. The van der Waals surface area contributed by atoms with E-state index < -0.39 is 18.0 Å². The number of nitrogens with two attached hydrogens (primary N) is 1. The second-order valence-corrected chi connectivity index (χ2v) is 3.99. The number of rotatable bonds is 5. The van der Waals surface area contributed by atoms with Gasteiger partial charge >= 0.3 is 6.09 Å². The van der Waals surface area contributed by atoms with Gasteiger partial charge in [-0.3, -0.25) is 4.79 Å². The Kier molecular flexibility index (Phi) is 4.09. The van der Waals surface area contributed by atoms with Crippen molar-refractivity contribution in [3.63, 3.8) is 0 Å². The number of benzene rings is 1. The third kappa shape index (κ3) is 3.00. The van der Waals surface area contributed by atoms with E-state index in [0.717, 1.165) is 0 Å². The van der Waals surface area contributed by atoms with Gasteiger partial charge < -0.3 is 15.0 Å². The number of aromatic nitrogens is 2. The number of nitrogens with zero attached hydrogens (tertiary/aromatic N) is 2. The quantitative estimate of drug-likeness (QED) is 0.833. The number of ether oxygens (including phenoxy) is 1. The Bertz CT molecular complexity index is 609. The predicted molar refractivity (Wildman–Crippen MR) is 68.8 cm³/mol. The fourth-order valence-corrected chi connectivity index (χ4v) is 1.63. The SMILES string of the molecule is CC[C@H](OC(N)=O)C(=O)c1noc(-c2ccccc2)n1. The minimum atomic E-state index is -1.02. The summed E-state index contributed by atoms with van der Waals surface area (Å²) in [6.07, 6.45) is -1.75. The highest BCUT2D eigenvalue weighted by molar-refractivity contribution is 5.97. The van der Waals surface area contributed by atoms with Crippen LogP contribution in [0.1, 0.15) is 24.0 Å². The lowest BCUT2D eigenvalue weighted by molar-refractivity contribution is 0.0634. The van der Waals surface area contributed by atoms with Gasteiger partial charge in [0.2, 0.25) is 11.6 Å². The smallest absolute Gasteiger partial charge is 0.405 e. The normalized spacial score (nSPS) is 11.8. The number of amides is 1. The zero-order valence-electron chi connectivity index (χ0n) is 10.8. The molecule has 0 saturated heterocycles. The summed E-state index contributed by atoms with van der Waals surface area (Å²) >= 11 is 0. The summed E-state index contributed by atoms with van der Waals surface area (Å²) in [7, 11) is 0. The standard InChI is InChI=1S/C13H13N3O4/c1-2-9(19-13(14)18)10(17)11-15-12(20-16-11)8-6-4-3-5-7-8/h3-7,9H,2H2,1H3,(H2,14,18)/t9-/m0/s1. The Hall–Kier alpha value is -2.70. The topological polar surface area (TPSA) is 108 Å². The van der Waals surface area contributed by atoms with Crippen LogP contribution < -0.4 is 5.73 Å². The van der Waals surface area contributed by atoms with Gasteiger partial charge in [-0.25, -0.2) is 4.79 Å². The molecular weight excluding hydrogens is 262 g/mol. The van der Waals surface area contributed by atoms with Crippen molar-refractivity contribution in [3.05, 3.63) is 36.2 Å². The molecule has 104 valence electrons. The highest BCUT2D eigenvalue weighted by Crippen LogP contribution is 2.17. The minimum Gasteiger partial charge on any atom is -0.438 e. The van der Waals surface area contributed by atoms with Gasteiger partial charge in [-0.05, 0) is 18.6 Å². The van der Waals surface area contributed by atoms with E-state index in [2.05, 4.69) is 10.1 Å². The van der Waals surface area contributed by atoms with Crippen LogP contribution >= 0.6 is 0 Å². The number of Topliss-reactive ketones (excluding diaryl/α,β-unsaturated/α-hetero) is 1. The molecule has 20 heavy (non-hydrogen) atoms. The van der Waals surface area contributed by atoms with E-state index in [1.54, 1.807) is 19.1 Å². The highest BCUT2D eigenvalue weighted by atomic mass is 16.6. The Balaban J connectivity index is 2.20. The molecule has 0 aliphatic heterocycles. The molecule has 1 amide bonds. The number of carbonyl (C=O) groups is 2. The molecule has 0 fully saturated rings. The second-order valence-electron chi connectivity index (χ2n) is 3.99. The highest BCUT2D eigenvalue weighted by Gasteiger charge is 2.26. The minimum absolute atomic E-state index is 0.142. The van der Waals surface area contributed by atoms with Crippen molar-refractivity contribution in [2.75, 3.05) is 0 Å². The van der Waals surface area contributed by atoms with Crippen molar-refractivity contribution in [3.8, 4) is 11.5 Å². The van der Waals surface area contributed by atoms with Crippen LogP contribution in [0.3, 0.4) is 0 Å². The van der Waals surface area contributed by atoms with Gasteiger partial charge in [0.25, 0.3) is 5.89 Å². The molecule has 0 saturated carbocycles. The molecular formula is C13H13N3O4. The lowest BCUT2D eigenvalue weighted by Crippen LogP contribution is -2.30. The van der Waals surface area contributed by atoms with Gasteiger partial charge in [-0.2, -0.15) is 4.98 Å². The Morgan fingerprint density at radius 2 is 2.05 bits per heavy atom. The number of carbonyl (C=O) groups excluding carboxylic acids is 2. The van der Waals surface area contributed by atoms with Crippen molar-refractivity contribution < 1.29 is 18.8 Å². The summed E-state index contributed by atoms with van der Waals surface area (Å²) in [6.45, 7) is 1.68. The van der Waals surface area contributed by atoms with Crippen LogP contribution in [0, 0.1) is 0 Å². The van der Waals surface area contributed by atoms with Crippen LogP contribution in [-0.2, 0) is 4.74 Å². The monoisotopic (exact) mass is 275 g/mol. The number of primary amides is 1. The van der Waals surface area contributed by atoms with E-state index in [-0.39, 0.29) is 18.1 Å². The maximum absolute atomic E-state index is 12.0. The average Bonchev–Trinajstić information content (AvgIpc) is 2.94. The molecule has 0 bridgehead atoms. The van der Waals surface area contributed by atoms with E-state index in [4.69, 9.17) is 15.0 Å². The molecule has 1 heterocycles. The average molecular weight is 275 g/mol. The molecule has 7 heteroatoms. The van der Waals surface area contributed by atoms with Gasteiger partial charge in [0.05, 0.1) is 0 Å². The summed E-state index contributed by atoms with van der Waals surface area (Å²) in [4.78, 5) is 26.7. The molecule has 0 spiro atoms. The molecule has 0 radical (unpaired) electrons. The van der Waals surface area contributed by atoms with Crippen molar-refractivity contribution >= 4 is 11.9 Å². The van der Waals surface area contributed by atoms with Gasteiger partial charge in [0.1, 0.15) is 0 Å². The first-order chi connectivity index (χ1) is 9.61. The Morgan fingerprint density at radius 1 is 1.35 bits per heavy atom. The van der Waals surface area contributed by atoms with E-state index in [9.17, 15) is 9.59 Å². The van der Waals surface area contributed by atoms with E-state index in [1.165, 1.54) is 0 Å². The van der Waals surface area contributed by atoms with Crippen LogP contribution in [0.15, 0.2) is 34.9 Å². The van der Waals surface area contributed by atoms with Crippen molar-refractivity contribution in [2.45, 2.75) is 19.4 Å². The fraction of sp³-hybridized carbons (Fsp3) is 0.231. The van der Waals surface area contributed by atoms with E-state index in [0.29, 0.717) is 5.56 Å². The van der Waals surface area contributed by atoms with Gasteiger partial charge in [-0.15, -0.1) is 0 Å². The lowest BCUT2D eigenvalue weighted by Gasteiger charge is -2.10. The first kappa shape index (κ1) is 13.7. The number of hydrogen-bond donors (Lipinski definition) is 1. The molecule has 1 aromatic carbocycles. The summed E-state index contributed by atoms with van der Waals surface area (Å²) < 4.78 is 9.72. The van der Waals surface area contributed by atoms with Crippen LogP contribution in [0.4, 0.5) is 4.79 Å². The van der Waals surface area contributed by atoms with Crippen LogP contribution in [-0.4, -0.2) is 28.1 Å². The van der Waals surface area contributed by atoms with Crippen LogP contribution in [0.5, 0.6) is 0 Å². The van der Waals surface area contributed by atoms with Gasteiger partial charge in [0, 0.05) is 5.56 Å². The molecule has 2 rings (SSSR count). The Labute approximate surface area is 114 Å². The van der Waals surface area contributed by atoms with Crippen molar-refractivity contribution in [1.82, 2.24) is 10.1 Å². The molecule has 0 unspecified atom stereocenters. The predicted octanol–water partition coefficient (Wildman–Crippen LogP) is 1.79. The van der Waals surface area contributed by atoms with Crippen LogP contribution in [0.25, 0.3) is 11.5 Å². The first-order valence-electron chi connectivity index (χ1n) is 6.01. The van der Waals surface area contributed by atoms with Gasteiger partial charge in [0.15, 0.2) is 6.10 Å². The summed E-state index contributed by atoms with van der Waals surface area (Å²) in [5.41, 5.74) is 5.60. The number of hydrogen-bond acceptors (Lipinski definition) is 6. The lowest BCUT2D eigenvalue weighted by atomic mass is 10.1. The first-order valence-corrected chi connectivity index (χ1v) is 6.01. The van der Waals surface area contributed by atoms with E-state index >= 15 is 0 Å². The maximum atomic E-state index is 12.0. The summed E-state index contributed by atoms with van der Waals surface area (Å²) in [5, 5.41) is 3.60. The van der Waals surface area contributed by atoms with Gasteiger partial charge in [-0.1, -0.05) is 30.3 Å². The zero-order chi connectivity index (χ0) is 14.5. The fourth-order valence-electron chi connectivity index (χ4n) is 1.63. The van der Waals surface area contributed by atoms with Crippen molar-refractivity contribution in [2.24, 2.45) is 5.73 Å². The molecule has 1 atom stereocenters. The molecule has 2 aromatic rings. The largest absolute Gasteiger partial charge is 0.438 e. The Morgan fingerprint density at radius 3 is 2.65 bits per heavy atom. The second kappa shape index (κ2) is 5.96.